The van der Waals surface area contributed by atoms with E-state index < -0.39 is 0 Å². The molecule has 0 aliphatic heterocycles. The molecule has 0 saturated heterocycles. The third-order valence-electron chi connectivity index (χ3n) is 3.83. The van der Waals surface area contributed by atoms with Crippen LogP contribution in [0.4, 0.5) is 0 Å². The van der Waals surface area contributed by atoms with Gasteiger partial charge in [0.25, 0.3) is 5.91 Å². The first kappa shape index (κ1) is 17.6. The molecular weight excluding hydrogens is 326 g/mol. The van der Waals surface area contributed by atoms with Gasteiger partial charge in [-0.3, -0.25) is 4.79 Å². The zero-order valence-corrected chi connectivity index (χ0v) is 14.9. The number of rotatable bonds is 6. The molecule has 0 saturated carbocycles. The van der Waals surface area contributed by atoms with E-state index in [1.165, 1.54) is 6.33 Å². The Morgan fingerprint density at radius 3 is 2.46 bits per heavy atom. The smallest absolute Gasteiger partial charge is 0.258 e. The van der Waals surface area contributed by atoms with Gasteiger partial charge in [-0.1, -0.05) is 36.4 Å². The second-order valence-corrected chi connectivity index (χ2v) is 6.15. The quantitative estimate of drug-likeness (QED) is 0.742. The maximum Gasteiger partial charge on any atom is 0.258 e. The molecular formula is C21H21N3O2. The summed E-state index contributed by atoms with van der Waals surface area (Å²) in [5, 5.41) is 2.82. The average Bonchev–Trinajstić information content (AvgIpc) is 2.65. The lowest BCUT2D eigenvalue weighted by Crippen LogP contribution is -2.28. The van der Waals surface area contributed by atoms with Crippen LogP contribution in [-0.2, 0) is 11.3 Å². The second kappa shape index (κ2) is 8.25. The van der Waals surface area contributed by atoms with E-state index in [0.717, 1.165) is 28.1 Å². The SMILES string of the molecule is Cc1cc(C)cc(OCC(=O)NCc2cc(-c3ccccc3)ncn2)c1. The fraction of sp³-hybridized carbons (Fsp3) is 0.190. The van der Waals surface area contributed by atoms with Crippen molar-refractivity contribution < 1.29 is 9.53 Å². The Morgan fingerprint density at radius 1 is 1.00 bits per heavy atom. The number of aryl methyl sites for hydroxylation is 2. The third-order valence-corrected chi connectivity index (χ3v) is 3.83. The minimum atomic E-state index is -0.191. The van der Waals surface area contributed by atoms with Crippen LogP contribution < -0.4 is 10.1 Å². The van der Waals surface area contributed by atoms with E-state index in [2.05, 4.69) is 21.4 Å². The van der Waals surface area contributed by atoms with Gasteiger partial charge >= 0.3 is 0 Å². The number of nitrogens with one attached hydrogen (secondary N) is 1. The first-order valence-corrected chi connectivity index (χ1v) is 8.44. The van der Waals surface area contributed by atoms with Crippen LogP contribution in [0.25, 0.3) is 11.3 Å². The van der Waals surface area contributed by atoms with E-state index in [1.54, 1.807) is 0 Å². The highest BCUT2D eigenvalue weighted by Crippen LogP contribution is 2.17. The maximum atomic E-state index is 12.0. The zero-order valence-electron chi connectivity index (χ0n) is 14.9. The van der Waals surface area contributed by atoms with Crippen molar-refractivity contribution in [1.82, 2.24) is 15.3 Å². The number of hydrogen-bond acceptors (Lipinski definition) is 4. The number of nitrogens with zero attached hydrogens (tertiary/aromatic N) is 2. The molecule has 0 spiro atoms. The van der Waals surface area contributed by atoms with Crippen LogP contribution in [0.3, 0.4) is 0 Å². The van der Waals surface area contributed by atoms with Crippen LogP contribution in [0.15, 0.2) is 60.9 Å². The van der Waals surface area contributed by atoms with E-state index in [-0.39, 0.29) is 12.5 Å². The van der Waals surface area contributed by atoms with E-state index >= 15 is 0 Å². The lowest BCUT2D eigenvalue weighted by atomic mass is 10.1. The molecule has 3 rings (SSSR count). The van der Waals surface area contributed by atoms with Gasteiger partial charge in [0.05, 0.1) is 17.9 Å². The highest BCUT2D eigenvalue weighted by atomic mass is 16.5. The summed E-state index contributed by atoms with van der Waals surface area (Å²) in [7, 11) is 0. The van der Waals surface area contributed by atoms with Crippen molar-refractivity contribution in [1.29, 1.82) is 0 Å². The van der Waals surface area contributed by atoms with Crippen LogP contribution in [-0.4, -0.2) is 22.5 Å². The molecule has 26 heavy (non-hydrogen) atoms. The number of hydrogen-bond donors (Lipinski definition) is 1. The summed E-state index contributed by atoms with van der Waals surface area (Å²) in [6, 6.07) is 17.6. The second-order valence-electron chi connectivity index (χ2n) is 6.15. The lowest BCUT2D eigenvalue weighted by molar-refractivity contribution is -0.123. The van der Waals surface area contributed by atoms with E-state index in [0.29, 0.717) is 12.3 Å². The standard InChI is InChI=1S/C21H21N3O2/c1-15-8-16(2)10-19(9-15)26-13-21(25)22-12-18-11-20(24-14-23-18)17-6-4-3-5-7-17/h3-11,14H,12-13H2,1-2H3,(H,22,25). The Hall–Kier alpha value is -3.21. The van der Waals surface area contributed by atoms with Crippen molar-refractivity contribution in [2.24, 2.45) is 0 Å². The summed E-state index contributed by atoms with van der Waals surface area (Å²) < 4.78 is 5.57. The minimum Gasteiger partial charge on any atom is -0.484 e. The zero-order chi connectivity index (χ0) is 18.4. The number of carbonyl (C=O) groups is 1. The predicted octanol–water partition coefficient (Wildman–Crippen LogP) is 3.46. The topological polar surface area (TPSA) is 64.1 Å². The summed E-state index contributed by atoms with van der Waals surface area (Å²) in [4.78, 5) is 20.5. The molecule has 0 aliphatic rings. The van der Waals surface area contributed by atoms with E-state index in [9.17, 15) is 4.79 Å². The van der Waals surface area contributed by atoms with Crippen molar-refractivity contribution in [3.05, 3.63) is 77.7 Å². The largest absolute Gasteiger partial charge is 0.484 e. The fourth-order valence-electron chi connectivity index (χ4n) is 2.67. The monoisotopic (exact) mass is 347 g/mol. The van der Waals surface area contributed by atoms with Crippen molar-refractivity contribution in [2.45, 2.75) is 20.4 Å². The van der Waals surface area contributed by atoms with Gasteiger partial charge in [-0.25, -0.2) is 9.97 Å². The van der Waals surface area contributed by atoms with Gasteiger partial charge in [-0.05, 0) is 43.2 Å². The number of benzene rings is 2. The Bertz CT molecular complexity index is 875. The number of carbonyl (C=O) groups excluding carboxylic acids is 1. The molecule has 0 bridgehead atoms. The van der Waals surface area contributed by atoms with Crippen LogP contribution in [0, 0.1) is 13.8 Å². The lowest BCUT2D eigenvalue weighted by Gasteiger charge is -2.09. The third kappa shape index (κ3) is 4.89. The summed E-state index contributed by atoms with van der Waals surface area (Å²) >= 11 is 0. The van der Waals surface area contributed by atoms with Gasteiger partial charge in [-0.2, -0.15) is 0 Å². The van der Waals surface area contributed by atoms with Gasteiger partial charge in [0.2, 0.25) is 0 Å². The molecule has 0 radical (unpaired) electrons. The van der Waals surface area contributed by atoms with Crippen molar-refractivity contribution >= 4 is 5.91 Å². The molecule has 132 valence electrons. The summed E-state index contributed by atoms with van der Waals surface area (Å²) in [5.74, 6) is 0.509. The molecule has 0 unspecified atom stereocenters. The normalized spacial score (nSPS) is 10.4. The summed E-state index contributed by atoms with van der Waals surface area (Å²) in [5.41, 5.74) is 4.81. The number of aromatic nitrogens is 2. The molecule has 3 aromatic rings. The molecule has 1 heterocycles. The molecule has 1 aromatic heterocycles. The van der Waals surface area contributed by atoms with Gasteiger partial charge in [0.15, 0.2) is 6.61 Å². The molecule has 1 amide bonds. The molecule has 0 atom stereocenters. The summed E-state index contributed by atoms with van der Waals surface area (Å²) in [6.07, 6.45) is 1.51. The first-order valence-electron chi connectivity index (χ1n) is 8.44. The van der Waals surface area contributed by atoms with Gasteiger partial charge < -0.3 is 10.1 Å². The fourth-order valence-corrected chi connectivity index (χ4v) is 2.67. The Kier molecular flexibility index (Phi) is 5.59. The molecule has 2 aromatic carbocycles. The van der Waals surface area contributed by atoms with Crippen LogP contribution in [0.5, 0.6) is 5.75 Å². The highest BCUT2D eigenvalue weighted by Gasteiger charge is 2.06. The van der Waals surface area contributed by atoms with Crippen LogP contribution in [0.1, 0.15) is 16.8 Å². The average molecular weight is 347 g/mol. The summed E-state index contributed by atoms with van der Waals surface area (Å²) in [6.45, 7) is 4.30. The highest BCUT2D eigenvalue weighted by molar-refractivity contribution is 5.77. The molecule has 0 aliphatic carbocycles. The van der Waals surface area contributed by atoms with Crippen LogP contribution in [0.2, 0.25) is 0 Å². The number of amides is 1. The maximum absolute atomic E-state index is 12.0. The van der Waals surface area contributed by atoms with Crippen molar-refractivity contribution in [3.63, 3.8) is 0 Å². The molecule has 5 nitrogen and oxygen atoms in total. The molecule has 1 N–H and O–H groups in total. The van der Waals surface area contributed by atoms with Crippen molar-refractivity contribution in [3.8, 4) is 17.0 Å². The van der Waals surface area contributed by atoms with Gasteiger partial charge in [0.1, 0.15) is 12.1 Å². The van der Waals surface area contributed by atoms with Crippen molar-refractivity contribution in [2.75, 3.05) is 6.61 Å². The number of ether oxygens (including phenoxy) is 1. The predicted molar refractivity (Wildman–Crippen MR) is 101 cm³/mol. The van der Waals surface area contributed by atoms with E-state index in [4.69, 9.17) is 4.74 Å². The minimum absolute atomic E-state index is 0.0283. The van der Waals surface area contributed by atoms with Gasteiger partial charge in [-0.15, -0.1) is 0 Å². The Labute approximate surface area is 153 Å². The van der Waals surface area contributed by atoms with E-state index in [1.807, 2.05) is 62.4 Å². The molecule has 0 fully saturated rings. The Morgan fingerprint density at radius 2 is 1.73 bits per heavy atom. The first-order chi connectivity index (χ1) is 12.6. The molecule has 5 heteroatoms. The Balaban J connectivity index is 1.54. The van der Waals surface area contributed by atoms with Gasteiger partial charge in [0, 0.05) is 5.56 Å². The van der Waals surface area contributed by atoms with Crippen LogP contribution >= 0.6 is 0 Å².